The number of carbonyl (C=O) groups is 1. The maximum absolute atomic E-state index is 13.9. The molecule has 4 heterocycles. The number of fused-ring (bicyclic) bond motifs is 3. The molecule has 6 rings (SSSR count). The Kier molecular flexibility index (Phi) is 6.76. The second kappa shape index (κ2) is 9.79. The van der Waals surface area contributed by atoms with Crippen LogP contribution in [0.1, 0.15) is 50.2 Å². The standard InChI is InChI=1S/C29H38FN2O2/c1-29(25-10-4-2-5-11-25,31-16-6-3-7-17-31)28(33)34-27-22-32(19-14-24(27)15-20-32)18-13-23-9-8-12-26(30)21-23/h2,4-5,8-12,21,24,27H,3,6-7,13-20,22H2,1H3/q+1/t24?,27-,29+,32?/m1/s1. The highest BCUT2D eigenvalue weighted by molar-refractivity contribution is 5.82. The van der Waals surface area contributed by atoms with Gasteiger partial charge in [-0.2, -0.15) is 0 Å². The molecule has 0 unspecified atom stereocenters. The van der Waals surface area contributed by atoms with Gasteiger partial charge in [-0.3, -0.25) is 4.90 Å². The van der Waals surface area contributed by atoms with Gasteiger partial charge in [-0.05, 0) is 56.1 Å². The molecule has 0 saturated carbocycles. The molecule has 5 heteroatoms. The zero-order chi connectivity index (χ0) is 23.6. The van der Waals surface area contributed by atoms with Crippen LogP contribution in [0.25, 0.3) is 0 Å². The van der Waals surface area contributed by atoms with E-state index in [1.165, 1.54) is 12.5 Å². The van der Waals surface area contributed by atoms with Gasteiger partial charge in [0.25, 0.3) is 0 Å². The van der Waals surface area contributed by atoms with Crippen molar-refractivity contribution in [1.82, 2.24) is 4.90 Å². The molecule has 2 bridgehead atoms. The number of likely N-dealkylation sites (tertiary alicyclic amines) is 1. The number of ether oxygens (including phenoxy) is 1. The molecular formula is C29H38FN2O2+. The number of quaternary nitrogens is 1. The Labute approximate surface area is 203 Å². The fourth-order valence-corrected chi connectivity index (χ4v) is 6.51. The molecule has 0 N–H and O–H groups in total. The third-order valence-corrected chi connectivity index (χ3v) is 8.79. The third-order valence-electron chi connectivity index (χ3n) is 8.79. The van der Waals surface area contributed by atoms with Crippen LogP contribution in [0.2, 0.25) is 0 Å². The van der Waals surface area contributed by atoms with E-state index < -0.39 is 5.54 Å². The van der Waals surface area contributed by atoms with Gasteiger partial charge < -0.3 is 9.22 Å². The molecule has 34 heavy (non-hydrogen) atoms. The smallest absolute Gasteiger partial charge is 0.331 e. The number of benzene rings is 2. The SMILES string of the molecule is C[C@@](C(=O)O[C@@H]1C[N+]2(CCc3cccc(F)c3)CCC1CC2)(c1ccccc1)N1CCCCC1. The van der Waals surface area contributed by atoms with Crippen LogP contribution in [0.3, 0.4) is 0 Å². The summed E-state index contributed by atoms with van der Waals surface area (Å²) in [7, 11) is 0. The summed E-state index contributed by atoms with van der Waals surface area (Å²) in [6.07, 6.45) is 6.52. The first-order chi connectivity index (χ1) is 16.5. The number of halogens is 1. The number of hydrogen-bond donors (Lipinski definition) is 0. The topological polar surface area (TPSA) is 29.5 Å². The van der Waals surface area contributed by atoms with E-state index in [1.54, 1.807) is 12.1 Å². The highest BCUT2D eigenvalue weighted by Crippen LogP contribution is 2.39. The average molecular weight is 466 g/mol. The number of hydrogen-bond acceptors (Lipinski definition) is 3. The first-order valence-electron chi connectivity index (χ1n) is 13.1. The molecule has 0 radical (unpaired) electrons. The summed E-state index contributed by atoms with van der Waals surface area (Å²) in [5, 5.41) is 0. The number of esters is 1. The van der Waals surface area contributed by atoms with Crippen LogP contribution >= 0.6 is 0 Å². The van der Waals surface area contributed by atoms with Crippen molar-refractivity contribution < 1.29 is 18.4 Å². The highest BCUT2D eigenvalue weighted by atomic mass is 19.1. The lowest BCUT2D eigenvalue weighted by atomic mass is 9.82. The fourth-order valence-electron chi connectivity index (χ4n) is 6.51. The zero-order valence-electron chi connectivity index (χ0n) is 20.4. The summed E-state index contributed by atoms with van der Waals surface area (Å²) in [6, 6.07) is 17.1. The van der Waals surface area contributed by atoms with E-state index in [0.29, 0.717) is 5.92 Å². The van der Waals surface area contributed by atoms with Crippen molar-refractivity contribution in [2.24, 2.45) is 5.92 Å². The Bertz CT molecular complexity index is 983. The molecule has 0 amide bonds. The minimum absolute atomic E-state index is 0.0321. The van der Waals surface area contributed by atoms with Gasteiger partial charge in [-0.25, -0.2) is 9.18 Å². The van der Waals surface area contributed by atoms with Crippen molar-refractivity contribution in [2.75, 3.05) is 39.3 Å². The van der Waals surface area contributed by atoms with Gasteiger partial charge in [0.1, 0.15) is 17.9 Å². The van der Waals surface area contributed by atoms with Gasteiger partial charge >= 0.3 is 5.97 Å². The van der Waals surface area contributed by atoms with Crippen molar-refractivity contribution in [3.05, 3.63) is 71.5 Å². The molecule has 2 aromatic carbocycles. The lowest BCUT2D eigenvalue weighted by Gasteiger charge is -2.53. The van der Waals surface area contributed by atoms with Crippen LogP contribution in [0.5, 0.6) is 0 Å². The Hall–Kier alpha value is -2.24. The fraction of sp³-hybridized carbons (Fsp3) is 0.552. The van der Waals surface area contributed by atoms with Gasteiger partial charge in [0.2, 0.25) is 0 Å². The van der Waals surface area contributed by atoms with Gasteiger partial charge in [-0.1, -0.05) is 48.9 Å². The maximum Gasteiger partial charge on any atom is 0.331 e. The molecular weight excluding hydrogens is 427 g/mol. The van der Waals surface area contributed by atoms with E-state index in [4.69, 9.17) is 4.74 Å². The predicted octanol–water partition coefficient (Wildman–Crippen LogP) is 4.92. The predicted molar refractivity (Wildman–Crippen MR) is 132 cm³/mol. The van der Waals surface area contributed by atoms with Crippen molar-refractivity contribution in [3.8, 4) is 0 Å². The number of rotatable bonds is 7. The Balaban J connectivity index is 1.31. The summed E-state index contributed by atoms with van der Waals surface area (Å²) in [5.74, 6) is 0.196. The highest BCUT2D eigenvalue weighted by Gasteiger charge is 2.50. The summed E-state index contributed by atoms with van der Waals surface area (Å²) in [6.45, 7) is 8.06. The van der Waals surface area contributed by atoms with Crippen LogP contribution < -0.4 is 0 Å². The van der Waals surface area contributed by atoms with E-state index in [1.807, 2.05) is 24.3 Å². The van der Waals surface area contributed by atoms with Gasteiger partial charge in [0.05, 0.1) is 19.6 Å². The van der Waals surface area contributed by atoms with Crippen LogP contribution in [0.15, 0.2) is 54.6 Å². The molecule has 2 atom stereocenters. The Morgan fingerprint density at radius 1 is 1.06 bits per heavy atom. The van der Waals surface area contributed by atoms with Gasteiger partial charge in [-0.15, -0.1) is 0 Å². The molecule has 4 nitrogen and oxygen atoms in total. The summed E-state index contributed by atoms with van der Waals surface area (Å²) in [4.78, 5) is 16.3. The Morgan fingerprint density at radius 3 is 2.50 bits per heavy atom. The van der Waals surface area contributed by atoms with Crippen LogP contribution in [-0.2, 0) is 21.5 Å². The normalized spacial score (nSPS) is 28.9. The molecule has 182 valence electrons. The molecule has 4 saturated heterocycles. The van der Waals surface area contributed by atoms with Crippen LogP contribution in [0.4, 0.5) is 4.39 Å². The van der Waals surface area contributed by atoms with E-state index in [0.717, 1.165) is 87.0 Å². The summed E-state index contributed by atoms with van der Waals surface area (Å²) >= 11 is 0. The first-order valence-corrected chi connectivity index (χ1v) is 13.1. The molecule has 4 aliphatic rings. The average Bonchev–Trinajstić information content (AvgIpc) is 2.89. The molecule has 4 aliphatic heterocycles. The summed E-state index contributed by atoms with van der Waals surface area (Å²) < 4.78 is 21.1. The molecule has 0 aromatic heterocycles. The van der Waals surface area contributed by atoms with Crippen molar-refractivity contribution in [3.63, 3.8) is 0 Å². The van der Waals surface area contributed by atoms with Crippen molar-refractivity contribution in [1.29, 1.82) is 0 Å². The lowest BCUT2D eigenvalue weighted by molar-refractivity contribution is -0.946. The molecule has 0 spiro atoms. The minimum Gasteiger partial charge on any atom is -0.454 e. The van der Waals surface area contributed by atoms with Gasteiger partial charge in [0, 0.05) is 25.2 Å². The number of nitrogens with zero attached hydrogens (tertiary/aromatic N) is 2. The molecule has 0 aliphatic carbocycles. The number of piperidine rings is 4. The van der Waals surface area contributed by atoms with E-state index in [9.17, 15) is 9.18 Å². The van der Waals surface area contributed by atoms with Crippen molar-refractivity contribution in [2.45, 2.75) is 57.1 Å². The Morgan fingerprint density at radius 2 is 1.79 bits per heavy atom. The quantitative estimate of drug-likeness (QED) is 0.429. The van der Waals surface area contributed by atoms with E-state index >= 15 is 0 Å². The van der Waals surface area contributed by atoms with Crippen LogP contribution in [0, 0.1) is 11.7 Å². The second-order valence-electron chi connectivity index (χ2n) is 10.8. The van der Waals surface area contributed by atoms with E-state index in [-0.39, 0.29) is 17.9 Å². The molecule has 4 fully saturated rings. The first kappa shape index (κ1) is 23.5. The molecule has 2 aromatic rings. The third kappa shape index (κ3) is 4.65. The largest absolute Gasteiger partial charge is 0.454 e. The minimum atomic E-state index is -0.750. The van der Waals surface area contributed by atoms with Crippen LogP contribution in [-0.4, -0.2) is 60.7 Å². The lowest BCUT2D eigenvalue weighted by Crippen LogP contribution is -2.65. The number of carbonyl (C=O) groups excluding carboxylic acids is 1. The maximum atomic E-state index is 13.9. The van der Waals surface area contributed by atoms with Gasteiger partial charge in [0.15, 0.2) is 6.10 Å². The summed E-state index contributed by atoms with van der Waals surface area (Å²) in [5.41, 5.74) is 1.33. The van der Waals surface area contributed by atoms with E-state index in [2.05, 4.69) is 24.0 Å². The van der Waals surface area contributed by atoms with Crippen molar-refractivity contribution >= 4 is 5.97 Å². The monoisotopic (exact) mass is 465 g/mol. The zero-order valence-corrected chi connectivity index (χ0v) is 20.4. The second-order valence-corrected chi connectivity index (χ2v) is 10.8.